The van der Waals surface area contributed by atoms with Crippen molar-refractivity contribution in [2.45, 2.75) is 11.8 Å². The Kier molecular flexibility index (Phi) is 4.31. The predicted octanol–water partition coefficient (Wildman–Crippen LogP) is 4.31. The third kappa shape index (κ3) is 3.50. The maximum Gasteiger partial charge on any atom is 0.0644 e. The molecule has 2 N–H and O–H groups in total. The van der Waals surface area contributed by atoms with Crippen LogP contribution in [0.5, 0.6) is 0 Å². The maximum absolute atomic E-state index is 8.22. The van der Waals surface area contributed by atoms with Gasteiger partial charge in [0.05, 0.1) is 5.25 Å². The van der Waals surface area contributed by atoms with Crippen LogP contribution in [-0.2, 0) is 17.2 Å². The predicted molar refractivity (Wildman–Crippen MR) is 89.8 cm³/mol. The highest BCUT2D eigenvalue weighted by Gasteiger charge is 2.15. The SMILES string of the molecule is N=S1C=CC(NCc2ccccc2)=CC1c1ccccc1. The molecule has 1 aliphatic heterocycles. The van der Waals surface area contributed by atoms with Gasteiger partial charge in [-0.25, -0.2) is 0 Å². The van der Waals surface area contributed by atoms with E-state index < -0.39 is 10.7 Å². The minimum atomic E-state index is -0.495. The lowest BCUT2D eigenvalue weighted by molar-refractivity contribution is 0.825. The lowest BCUT2D eigenvalue weighted by Gasteiger charge is -2.20. The van der Waals surface area contributed by atoms with E-state index in [1.807, 2.05) is 35.7 Å². The van der Waals surface area contributed by atoms with Gasteiger partial charge in [-0.05, 0) is 28.7 Å². The van der Waals surface area contributed by atoms with Crippen LogP contribution in [0.25, 0.3) is 0 Å². The molecule has 21 heavy (non-hydrogen) atoms. The van der Waals surface area contributed by atoms with Crippen LogP contribution in [0.3, 0.4) is 0 Å². The molecule has 0 radical (unpaired) electrons. The summed E-state index contributed by atoms with van der Waals surface area (Å²) in [6.45, 7) is 0.810. The molecule has 2 atom stereocenters. The Balaban J connectivity index is 1.74. The number of benzene rings is 2. The van der Waals surface area contributed by atoms with Crippen molar-refractivity contribution in [3.05, 3.63) is 95.0 Å². The standard InChI is InChI=1S/C18H18N2S/c19-21-12-11-17(20-14-15-7-3-1-4-8-15)13-18(21)16-9-5-2-6-10-16/h1-13,18-20H,14H2. The first kappa shape index (κ1) is 13.8. The Bertz CT molecular complexity index is 675. The van der Waals surface area contributed by atoms with Crippen LogP contribution >= 0.6 is 0 Å². The number of hydrogen-bond donors (Lipinski definition) is 2. The van der Waals surface area contributed by atoms with E-state index >= 15 is 0 Å². The number of rotatable bonds is 4. The fourth-order valence-electron chi connectivity index (χ4n) is 2.33. The summed E-state index contributed by atoms with van der Waals surface area (Å²) >= 11 is 0. The van der Waals surface area contributed by atoms with E-state index in [0.29, 0.717) is 0 Å². The largest absolute Gasteiger partial charge is 0.381 e. The summed E-state index contributed by atoms with van der Waals surface area (Å²) in [6, 6.07) is 20.7. The maximum atomic E-state index is 8.22. The van der Waals surface area contributed by atoms with Crippen molar-refractivity contribution in [1.82, 2.24) is 5.32 Å². The third-order valence-corrected chi connectivity index (χ3v) is 4.85. The summed E-state index contributed by atoms with van der Waals surface area (Å²) in [5.41, 5.74) is 3.57. The molecule has 3 heteroatoms. The summed E-state index contributed by atoms with van der Waals surface area (Å²) in [4.78, 5) is 0. The zero-order valence-corrected chi connectivity index (χ0v) is 12.5. The van der Waals surface area contributed by atoms with Crippen molar-refractivity contribution < 1.29 is 0 Å². The molecule has 0 fully saturated rings. The number of hydrogen-bond acceptors (Lipinski definition) is 2. The van der Waals surface area contributed by atoms with E-state index in [-0.39, 0.29) is 5.25 Å². The van der Waals surface area contributed by atoms with Gasteiger partial charge in [-0.15, -0.1) is 0 Å². The molecule has 0 spiro atoms. The highest BCUT2D eigenvalue weighted by molar-refractivity contribution is 7.89. The Morgan fingerprint density at radius 1 is 0.952 bits per heavy atom. The number of nitrogens with one attached hydrogen (secondary N) is 2. The quantitative estimate of drug-likeness (QED) is 0.866. The fraction of sp³-hybridized carbons (Fsp3) is 0.111. The van der Waals surface area contributed by atoms with Crippen molar-refractivity contribution in [2.24, 2.45) is 0 Å². The molecule has 1 heterocycles. The molecule has 0 aromatic heterocycles. The topological polar surface area (TPSA) is 35.9 Å². The van der Waals surface area contributed by atoms with Gasteiger partial charge in [-0.1, -0.05) is 71.4 Å². The van der Waals surface area contributed by atoms with Crippen LogP contribution in [0.2, 0.25) is 0 Å². The van der Waals surface area contributed by atoms with Gasteiger partial charge in [0, 0.05) is 12.2 Å². The molecular weight excluding hydrogens is 276 g/mol. The molecular formula is C18H18N2S. The molecule has 2 aromatic carbocycles. The van der Waals surface area contributed by atoms with Crippen LogP contribution in [0.1, 0.15) is 16.4 Å². The minimum Gasteiger partial charge on any atom is -0.381 e. The first-order chi connectivity index (χ1) is 10.3. The number of allylic oxidation sites excluding steroid dienone is 1. The van der Waals surface area contributed by atoms with E-state index in [0.717, 1.165) is 12.2 Å². The summed E-state index contributed by atoms with van der Waals surface area (Å²) in [7, 11) is -0.495. The van der Waals surface area contributed by atoms with Crippen molar-refractivity contribution in [3.63, 3.8) is 0 Å². The second-order valence-corrected chi connectivity index (χ2v) is 6.49. The van der Waals surface area contributed by atoms with Gasteiger partial charge in [0.25, 0.3) is 0 Å². The zero-order valence-electron chi connectivity index (χ0n) is 11.7. The lowest BCUT2D eigenvalue weighted by Crippen LogP contribution is -2.16. The summed E-state index contributed by atoms with van der Waals surface area (Å²) < 4.78 is 8.22. The molecule has 3 rings (SSSR count). The first-order valence-electron chi connectivity index (χ1n) is 6.99. The molecule has 0 saturated heterocycles. The normalized spacial score (nSPS) is 20.9. The Hall–Kier alpha value is -2.13. The smallest absolute Gasteiger partial charge is 0.0644 e. The van der Waals surface area contributed by atoms with Crippen molar-refractivity contribution >= 4 is 10.7 Å². The van der Waals surface area contributed by atoms with Crippen LogP contribution < -0.4 is 5.32 Å². The average molecular weight is 294 g/mol. The van der Waals surface area contributed by atoms with Gasteiger partial charge in [0.2, 0.25) is 0 Å². The van der Waals surface area contributed by atoms with Crippen LogP contribution in [-0.4, -0.2) is 0 Å². The van der Waals surface area contributed by atoms with Crippen molar-refractivity contribution in [3.8, 4) is 0 Å². The monoisotopic (exact) mass is 294 g/mol. The summed E-state index contributed by atoms with van der Waals surface area (Å²) in [5, 5.41) is 5.59. The molecule has 0 bridgehead atoms. The Morgan fingerprint density at radius 2 is 1.62 bits per heavy atom. The van der Waals surface area contributed by atoms with Crippen molar-refractivity contribution in [2.75, 3.05) is 0 Å². The summed E-state index contributed by atoms with van der Waals surface area (Å²) in [5.74, 6) is 0. The minimum absolute atomic E-state index is 0.148. The van der Waals surface area contributed by atoms with E-state index in [9.17, 15) is 0 Å². The average Bonchev–Trinajstić information content (AvgIpc) is 2.56. The van der Waals surface area contributed by atoms with E-state index in [1.165, 1.54) is 11.1 Å². The fourth-order valence-corrected chi connectivity index (χ4v) is 3.53. The van der Waals surface area contributed by atoms with Crippen molar-refractivity contribution in [1.29, 1.82) is 4.78 Å². The Labute approximate surface area is 128 Å². The van der Waals surface area contributed by atoms with Gasteiger partial charge in [-0.3, -0.25) is 4.78 Å². The second kappa shape index (κ2) is 6.55. The van der Waals surface area contributed by atoms with E-state index in [2.05, 4.69) is 47.8 Å². The lowest BCUT2D eigenvalue weighted by atomic mass is 10.1. The first-order valence-corrected chi connectivity index (χ1v) is 8.34. The Morgan fingerprint density at radius 3 is 2.33 bits per heavy atom. The highest BCUT2D eigenvalue weighted by atomic mass is 32.2. The molecule has 1 aliphatic rings. The van der Waals surface area contributed by atoms with Gasteiger partial charge < -0.3 is 5.32 Å². The molecule has 0 aliphatic carbocycles. The van der Waals surface area contributed by atoms with Gasteiger partial charge in [0.1, 0.15) is 0 Å². The highest BCUT2D eigenvalue weighted by Crippen LogP contribution is 2.27. The zero-order chi connectivity index (χ0) is 14.5. The van der Waals surface area contributed by atoms with Gasteiger partial charge in [0.15, 0.2) is 0 Å². The molecule has 0 amide bonds. The molecule has 2 nitrogen and oxygen atoms in total. The van der Waals surface area contributed by atoms with Crippen LogP contribution in [0, 0.1) is 4.78 Å². The van der Waals surface area contributed by atoms with Crippen LogP contribution in [0.4, 0.5) is 0 Å². The molecule has 0 saturated carbocycles. The van der Waals surface area contributed by atoms with Gasteiger partial charge >= 0.3 is 0 Å². The molecule has 2 aromatic rings. The van der Waals surface area contributed by atoms with E-state index in [4.69, 9.17) is 4.78 Å². The molecule has 106 valence electrons. The second-order valence-electron chi connectivity index (χ2n) is 4.97. The van der Waals surface area contributed by atoms with Crippen LogP contribution in [0.15, 0.2) is 83.9 Å². The third-order valence-electron chi connectivity index (χ3n) is 3.47. The van der Waals surface area contributed by atoms with Gasteiger partial charge in [-0.2, -0.15) is 0 Å². The molecule has 2 unspecified atom stereocenters. The summed E-state index contributed by atoms with van der Waals surface area (Å²) in [6.07, 6.45) is 4.20. The van der Waals surface area contributed by atoms with E-state index in [1.54, 1.807) is 0 Å².